The van der Waals surface area contributed by atoms with Crippen molar-refractivity contribution in [3.8, 4) is 11.3 Å². The van der Waals surface area contributed by atoms with E-state index in [1.807, 2.05) is 32.9 Å². The molecule has 6 rings (SSSR count). The Labute approximate surface area is 279 Å². The first-order valence-corrected chi connectivity index (χ1v) is 17.7. The molecule has 0 bridgehead atoms. The van der Waals surface area contributed by atoms with E-state index in [2.05, 4.69) is 15.6 Å². The van der Waals surface area contributed by atoms with E-state index in [9.17, 15) is 18.0 Å². The van der Waals surface area contributed by atoms with Crippen LogP contribution < -0.4 is 10.6 Å². The Balaban J connectivity index is 1.18. The molecule has 13 heteroatoms. The Morgan fingerprint density at radius 3 is 2.47 bits per heavy atom. The second-order valence-corrected chi connectivity index (χ2v) is 15.3. The van der Waals surface area contributed by atoms with Gasteiger partial charge in [0.15, 0.2) is 0 Å². The van der Waals surface area contributed by atoms with Crippen LogP contribution in [0.1, 0.15) is 59.3 Å². The number of hydrogen-bond acceptors (Lipinski definition) is 8. The average molecular weight is 679 g/mol. The van der Waals surface area contributed by atoms with Crippen molar-refractivity contribution in [2.75, 3.05) is 11.9 Å². The number of nitrogens with zero attached hydrogens (tertiary/aromatic N) is 4. The Morgan fingerprint density at radius 2 is 1.70 bits per heavy atom. The molecule has 3 atom stereocenters. The Morgan fingerprint density at radius 1 is 0.979 bits per heavy atom. The lowest BCUT2D eigenvalue weighted by molar-refractivity contribution is -0.126. The van der Waals surface area contributed by atoms with Crippen LogP contribution in [-0.4, -0.2) is 69.5 Å². The second kappa shape index (κ2) is 13.2. The maximum atomic E-state index is 13.6. The minimum atomic E-state index is -3.89. The topological polar surface area (TPSA) is 136 Å². The molecule has 0 radical (unpaired) electrons. The standard InChI is InChI=1S/C34H39ClN6O5S/c1-34(2,3)46-33(43)40-18-10-17-29(40)31(42)37-22-11-9-12-23(19-22)38-32-36-20-27(35)30(39-32)26-21-41(28-16-8-7-15-25(26)28)47(44,45)24-13-5-4-6-14-24/h4-8,13-16,20-23,29H,9-12,17-19H2,1-3H3,(H,37,42)(H,36,38,39)/t22-,23+,29?/m0/s1. The molecule has 2 aliphatic rings. The van der Waals surface area contributed by atoms with Gasteiger partial charge in [0.25, 0.3) is 10.0 Å². The van der Waals surface area contributed by atoms with Crippen LogP contribution in [0.3, 0.4) is 0 Å². The van der Waals surface area contributed by atoms with Gasteiger partial charge >= 0.3 is 6.09 Å². The minimum Gasteiger partial charge on any atom is -0.444 e. The number of hydrogen-bond donors (Lipinski definition) is 2. The first kappa shape index (κ1) is 32.8. The number of amides is 2. The molecule has 1 saturated carbocycles. The molecule has 2 N–H and O–H groups in total. The van der Waals surface area contributed by atoms with Crippen molar-refractivity contribution in [2.24, 2.45) is 0 Å². The van der Waals surface area contributed by atoms with Crippen molar-refractivity contribution in [3.05, 3.63) is 72.0 Å². The molecule has 1 unspecified atom stereocenters. The van der Waals surface area contributed by atoms with Crippen molar-refractivity contribution in [1.82, 2.24) is 24.2 Å². The van der Waals surface area contributed by atoms with Crippen LogP contribution in [0.15, 0.2) is 71.9 Å². The molecule has 47 heavy (non-hydrogen) atoms. The van der Waals surface area contributed by atoms with Gasteiger partial charge in [0.2, 0.25) is 11.9 Å². The van der Waals surface area contributed by atoms with Crippen molar-refractivity contribution in [1.29, 1.82) is 0 Å². The van der Waals surface area contributed by atoms with E-state index >= 15 is 0 Å². The fourth-order valence-electron chi connectivity index (χ4n) is 6.38. The summed E-state index contributed by atoms with van der Waals surface area (Å²) in [5, 5.41) is 7.56. The Hall–Kier alpha value is -4.16. The summed E-state index contributed by atoms with van der Waals surface area (Å²) in [6.45, 7) is 5.93. The molecule has 248 valence electrons. The van der Waals surface area contributed by atoms with Gasteiger partial charge < -0.3 is 15.4 Å². The summed E-state index contributed by atoms with van der Waals surface area (Å²) in [7, 11) is -3.89. The zero-order valence-corrected chi connectivity index (χ0v) is 28.2. The van der Waals surface area contributed by atoms with E-state index in [0.717, 1.165) is 25.7 Å². The van der Waals surface area contributed by atoms with Gasteiger partial charge in [-0.3, -0.25) is 9.69 Å². The number of carbonyl (C=O) groups is 2. The number of benzene rings is 2. The summed E-state index contributed by atoms with van der Waals surface area (Å²) < 4.78 is 34.1. The first-order chi connectivity index (χ1) is 22.4. The molecule has 2 aromatic carbocycles. The highest BCUT2D eigenvalue weighted by Gasteiger charge is 2.38. The molecular formula is C34H39ClN6O5S. The lowest BCUT2D eigenvalue weighted by Gasteiger charge is -2.32. The number of carbonyl (C=O) groups excluding carboxylic acids is 2. The normalized spacial score (nSPS) is 20.3. The highest BCUT2D eigenvalue weighted by molar-refractivity contribution is 7.90. The van der Waals surface area contributed by atoms with Crippen molar-refractivity contribution < 1.29 is 22.7 Å². The van der Waals surface area contributed by atoms with Crippen LogP contribution in [0.4, 0.5) is 10.7 Å². The third-order valence-corrected chi connectivity index (χ3v) is 10.5. The summed E-state index contributed by atoms with van der Waals surface area (Å²) in [5.74, 6) is 0.196. The molecule has 4 aromatic rings. The average Bonchev–Trinajstić information content (AvgIpc) is 3.68. The summed E-state index contributed by atoms with van der Waals surface area (Å²) in [6, 6.07) is 14.9. The zero-order chi connectivity index (χ0) is 33.3. The van der Waals surface area contributed by atoms with Gasteiger partial charge in [-0.2, -0.15) is 0 Å². The molecule has 3 heterocycles. The summed E-state index contributed by atoms with van der Waals surface area (Å²) in [5.41, 5.74) is 0.847. The number of aromatic nitrogens is 3. The van der Waals surface area contributed by atoms with Gasteiger partial charge in [-0.25, -0.2) is 27.2 Å². The third kappa shape index (κ3) is 7.08. The van der Waals surface area contributed by atoms with E-state index < -0.39 is 27.8 Å². The van der Waals surface area contributed by atoms with Gasteiger partial charge in [-0.15, -0.1) is 0 Å². The molecular weight excluding hydrogens is 640 g/mol. The van der Waals surface area contributed by atoms with Gasteiger partial charge in [-0.05, 0) is 77.5 Å². The van der Waals surface area contributed by atoms with E-state index in [-0.39, 0.29) is 27.9 Å². The largest absolute Gasteiger partial charge is 0.444 e. The zero-order valence-electron chi connectivity index (χ0n) is 26.6. The molecule has 11 nitrogen and oxygen atoms in total. The first-order valence-electron chi connectivity index (χ1n) is 15.9. The van der Waals surface area contributed by atoms with Crippen LogP contribution >= 0.6 is 11.6 Å². The molecule has 2 aromatic heterocycles. The number of anilines is 1. The van der Waals surface area contributed by atoms with Crippen LogP contribution in [0, 0.1) is 0 Å². The smallest absolute Gasteiger partial charge is 0.410 e. The second-order valence-electron chi connectivity index (χ2n) is 13.1. The number of nitrogens with one attached hydrogen (secondary N) is 2. The van der Waals surface area contributed by atoms with Crippen molar-refractivity contribution in [3.63, 3.8) is 0 Å². The van der Waals surface area contributed by atoms with E-state index in [1.54, 1.807) is 48.7 Å². The minimum absolute atomic E-state index is 0.0200. The Kier molecular flexibility index (Phi) is 9.17. The number of rotatable bonds is 7. The molecule has 1 aliphatic heterocycles. The van der Waals surface area contributed by atoms with Crippen LogP contribution in [-0.2, 0) is 19.6 Å². The highest BCUT2D eigenvalue weighted by atomic mass is 35.5. The maximum Gasteiger partial charge on any atom is 0.410 e. The predicted molar refractivity (Wildman–Crippen MR) is 181 cm³/mol. The van der Waals surface area contributed by atoms with Crippen molar-refractivity contribution >= 4 is 50.5 Å². The van der Waals surface area contributed by atoms with Crippen LogP contribution in [0.25, 0.3) is 22.2 Å². The number of halogens is 1. The molecule has 1 saturated heterocycles. The molecule has 1 aliphatic carbocycles. The SMILES string of the molecule is CC(C)(C)OC(=O)N1CCCC1C(=O)N[C@H]1CCC[C@@H](Nc2ncc(Cl)c(-c3cn(S(=O)(=O)c4ccccc4)c4ccccc34)n2)C1. The van der Waals surface area contributed by atoms with E-state index in [0.29, 0.717) is 47.5 Å². The highest BCUT2D eigenvalue weighted by Crippen LogP contribution is 2.36. The monoisotopic (exact) mass is 678 g/mol. The molecule has 2 amide bonds. The third-order valence-electron chi connectivity index (χ3n) is 8.51. The summed E-state index contributed by atoms with van der Waals surface area (Å²) in [6.07, 6.45) is 7.17. The summed E-state index contributed by atoms with van der Waals surface area (Å²) >= 11 is 6.63. The van der Waals surface area contributed by atoms with Gasteiger partial charge in [-0.1, -0.05) is 48.0 Å². The number of fused-ring (bicyclic) bond motifs is 1. The van der Waals surface area contributed by atoms with E-state index in [4.69, 9.17) is 21.3 Å². The fraction of sp³-hybridized carbons (Fsp3) is 0.412. The number of para-hydroxylation sites is 1. The van der Waals surface area contributed by atoms with Gasteiger partial charge in [0.1, 0.15) is 11.6 Å². The molecule has 2 fully saturated rings. The maximum absolute atomic E-state index is 13.6. The summed E-state index contributed by atoms with van der Waals surface area (Å²) in [4.78, 5) is 36.9. The fourth-order valence-corrected chi connectivity index (χ4v) is 7.96. The van der Waals surface area contributed by atoms with E-state index in [1.165, 1.54) is 15.1 Å². The quantitative estimate of drug-likeness (QED) is 0.235. The van der Waals surface area contributed by atoms with Crippen molar-refractivity contribution in [2.45, 2.75) is 87.9 Å². The Bertz CT molecular complexity index is 1890. The predicted octanol–water partition coefficient (Wildman–Crippen LogP) is 6.23. The van der Waals surface area contributed by atoms with Gasteiger partial charge in [0, 0.05) is 35.8 Å². The lowest BCUT2D eigenvalue weighted by Crippen LogP contribution is -2.51. The lowest BCUT2D eigenvalue weighted by atomic mass is 9.90. The van der Waals surface area contributed by atoms with Crippen LogP contribution in [0.5, 0.6) is 0 Å². The number of likely N-dealkylation sites (tertiary alicyclic amines) is 1. The number of ether oxygens (including phenoxy) is 1. The van der Waals surface area contributed by atoms with Crippen LogP contribution in [0.2, 0.25) is 5.02 Å². The van der Waals surface area contributed by atoms with Gasteiger partial charge in [0.05, 0.1) is 27.3 Å². The molecule has 0 spiro atoms.